The van der Waals surface area contributed by atoms with E-state index in [2.05, 4.69) is 15.6 Å². The summed E-state index contributed by atoms with van der Waals surface area (Å²) in [6.45, 7) is 0.266. The van der Waals surface area contributed by atoms with Crippen molar-refractivity contribution in [1.82, 2.24) is 19.8 Å². The summed E-state index contributed by atoms with van der Waals surface area (Å²) in [4.78, 5) is 19.1. The molecule has 0 saturated carbocycles. The van der Waals surface area contributed by atoms with Gasteiger partial charge >= 0.3 is 0 Å². The van der Waals surface area contributed by atoms with E-state index >= 15 is 0 Å². The zero-order valence-electron chi connectivity index (χ0n) is 19.1. The van der Waals surface area contributed by atoms with Gasteiger partial charge in [0.05, 0.1) is 29.2 Å². The Morgan fingerprint density at radius 2 is 1.72 bits per heavy atom. The summed E-state index contributed by atoms with van der Waals surface area (Å²) in [5, 5.41) is 6.40. The maximum absolute atomic E-state index is 14.7. The highest BCUT2D eigenvalue weighted by molar-refractivity contribution is 7.80. The van der Waals surface area contributed by atoms with E-state index in [1.807, 2.05) is 35.2 Å². The van der Waals surface area contributed by atoms with Crippen LogP contribution in [0.1, 0.15) is 29.9 Å². The van der Waals surface area contributed by atoms with E-state index in [-0.39, 0.29) is 42.5 Å². The van der Waals surface area contributed by atoms with E-state index in [0.717, 1.165) is 11.4 Å². The van der Waals surface area contributed by atoms with Crippen LogP contribution in [0.5, 0.6) is 0 Å². The molecule has 9 heteroatoms. The molecule has 2 aromatic heterocycles. The van der Waals surface area contributed by atoms with Crippen LogP contribution in [0.4, 0.5) is 14.5 Å². The second kappa shape index (κ2) is 10.2. The van der Waals surface area contributed by atoms with Gasteiger partial charge in [-0.25, -0.2) is 8.78 Å². The van der Waals surface area contributed by atoms with Crippen molar-refractivity contribution in [3.63, 3.8) is 0 Å². The number of aromatic nitrogens is 2. The first-order chi connectivity index (χ1) is 17.5. The molecule has 36 heavy (non-hydrogen) atoms. The number of pyridine rings is 1. The molecule has 2 N–H and O–H groups in total. The molecule has 182 valence electrons. The number of thiocarbonyl (C=S) groups is 1. The Hall–Kier alpha value is -4.11. The molecule has 0 aliphatic carbocycles. The molecular weight excluding hydrogens is 480 g/mol. The number of carbonyl (C=O) groups excluding carboxylic acids is 1. The highest BCUT2D eigenvalue weighted by Crippen LogP contribution is 2.39. The van der Waals surface area contributed by atoms with Crippen molar-refractivity contribution in [1.29, 1.82) is 0 Å². The maximum Gasteiger partial charge on any atom is 0.226 e. The predicted octanol–water partition coefficient (Wildman–Crippen LogP) is 5.15. The molecule has 1 aliphatic heterocycles. The molecule has 2 atom stereocenters. The first-order valence-corrected chi connectivity index (χ1v) is 11.9. The fraction of sp³-hybridized carbons (Fsp3) is 0.148. The lowest BCUT2D eigenvalue weighted by molar-refractivity contribution is -0.116. The summed E-state index contributed by atoms with van der Waals surface area (Å²) in [5.41, 5.74) is 2.09. The number of benzene rings is 2. The first kappa shape index (κ1) is 23.6. The Morgan fingerprint density at radius 1 is 0.972 bits per heavy atom. The molecule has 6 nitrogen and oxygen atoms in total. The number of hydrogen-bond donors (Lipinski definition) is 2. The van der Waals surface area contributed by atoms with Gasteiger partial charge < -0.3 is 20.1 Å². The van der Waals surface area contributed by atoms with E-state index < -0.39 is 5.82 Å². The number of halogens is 2. The smallest absolute Gasteiger partial charge is 0.226 e. The molecule has 0 bridgehead atoms. The standard InChI is InChI=1S/C27H23F2N5OS/c28-18-8-1-3-10-20(18)31-24(35)14-17-34-26(25(32-27(34)36)21-11-5-6-15-30-21)23-13-7-16-33(23)22-12-4-2-9-19(22)29/h1-13,15-16,25-26H,14,17H2,(H,31,35)(H,32,36)/t25-,26+/m1/s1. The number of nitrogens with one attached hydrogen (secondary N) is 2. The maximum atomic E-state index is 14.7. The van der Waals surface area contributed by atoms with Crippen molar-refractivity contribution < 1.29 is 13.6 Å². The monoisotopic (exact) mass is 503 g/mol. The van der Waals surface area contributed by atoms with Gasteiger partial charge in [0.15, 0.2) is 5.11 Å². The average Bonchev–Trinajstić information content (AvgIpc) is 3.49. The van der Waals surface area contributed by atoms with Crippen LogP contribution in [0.25, 0.3) is 5.69 Å². The number of carbonyl (C=O) groups is 1. The third kappa shape index (κ3) is 4.70. The third-order valence-electron chi connectivity index (χ3n) is 6.12. The molecule has 2 aromatic carbocycles. The van der Waals surface area contributed by atoms with Crippen LogP contribution in [0.3, 0.4) is 0 Å². The molecular formula is C27H23F2N5OS. The van der Waals surface area contributed by atoms with Gasteiger partial charge in [0.1, 0.15) is 11.6 Å². The Kier molecular flexibility index (Phi) is 6.73. The van der Waals surface area contributed by atoms with E-state index in [1.54, 1.807) is 47.3 Å². The fourth-order valence-corrected chi connectivity index (χ4v) is 4.80. The van der Waals surface area contributed by atoms with Gasteiger partial charge in [0, 0.05) is 31.1 Å². The summed E-state index contributed by atoms with van der Waals surface area (Å²) in [6, 6.07) is 21.3. The quantitative estimate of drug-likeness (QED) is 0.342. The van der Waals surface area contributed by atoms with Gasteiger partial charge in [0.25, 0.3) is 0 Å². The van der Waals surface area contributed by atoms with Crippen molar-refractivity contribution in [3.8, 4) is 5.69 Å². The van der Waals surface area contributed by atoms with Crippen molar-refractivity contribution in [2.45, 2.75) is 18.5 Å². The van der Waals surface area contributed by atoms with E-state index in [0.29, 0.717) is 10.8 Å². The van der Waals surface area contributed by atoms with Gasteiger partial charge in [-0.1, -0.05) is 30.3 Å². The topological polar surface area (TPSA) is 62.2 Å². The fourth-order valence-electron chi connectivity index (χ4n) is 4.47. The lowest BCUT2D eigenvalue weighted by atomic mass is 10.0. The number of anilines is 1. The minimum absolute atomic E-state index is 0.0714. The molecule has 1 amide bonds. The molecule has 0 radical (unpaired) electrons. The van der Waals surface area contributed by atoms with Gasteiger partial charge in [-0.3, -0.25) is 9.78 Å². The van der Waals surface area contributed by atoms with Crippen LogP contribution in [0.2, 0.25) is 0 Å². The van der Waals surface area contributed by atoms with Crippen molar-refractivity contribution in [3.05, 3.63) is 114 Å². The molecule has 5 rings (SSSR count). The summed E-state index contributed by atoms with van der Waals surface area (Å²) >= 11 is 5.67. The third-order valence-corrected chi connectivity index (χ3v) is 6.47. The van der Waals surface area contributed by atoms with E-state index in [9.17, 15) is 13.6 Å². The number of amides is 1. The van der Waals surface area contributed by atoms with Crippen molar-refractivity contribution in [2.24, 2.45) is 0 Å². The highest BCUT2D eigenvalue weighted by Gasteiger charge is 2.41. The minimum Gasteiger partial charge on any atom is -0.352 e. The molecule has 4 aromatic rings. The Morgan fingerprint density at radius 3 is 2.47 bits per heavy atom. The van der Waals surface area contributed by atoms with E-state index in [4.69, 9.17) is 12.2 Å². The van der Waals surface area contributed by atoms with Crippen LogP contribution in [0, 0.1) is 11.6 Å². The van der Waals surface area contributed by atoms with E-state index in [1.165, 1.54) is 18.2 Å². The number of rotatable bonds is 7. The second-order valence-corrected chi connectivity index (χ2v) is 8.74. The molecule has 3 heterocycles. The van der Waals surface area contributed by atoms with Crippen LogP contribution < -0.4 is 10.6 Å². The molecule has 0 spiro atoms. The molecule has 1 saturated heterocycles. The van der Waals surface area contributed by atoms with Crippen LogP contribution in [-0.4, -0.2) is 32.0 Å². The second-order valence-electron chi connectivity index (χ2n) is 8.35. The minimum atomic E-state index is -0.500. The molecule has 0 unspecified atom stereocenters. The Balaban J connectivity index is 1.46. The van der Waals surface area contributed by atoms with Gasteiger partial charge in [-0.2, -0.15) is 0 Å². The molecule has 1 fully saturated rings. The number of hydrogen-bond acceptors (Lipinski definition) is 3. The summed E-state index contributed by atoms with van der Waals surface area (Å²) < 4.78 is 30.5. The van der Waals surface area contributed by atoms with Gasteiger partial charge in [-0.15, -0.1) is 0 Å². The summed E-state index contributed by atoms with van der Waals surface area (Å²) in [6.07, 6.45) is 3.58. The van der Waals surface area contributed by atoms with Gasteiger partial charge in [-0.05, 0) is 60.7 Å². The van der Waals surface area contributed by atoms with Gasteiger partial charge in [0.2, 0.25) is 5.91 Å². The predicted molar refractivity (Wildman–Crippen MR) is 138 cm³/mol. The molecule has 1 aliphatic rings. The Bertz CT molecular complexity index is 1390. The van der Waals surface area contributed by atoms with Crippen molar-refractivity contribution >= 4 is 28.9 Å². The van der Waals surface area contributed by atoms with Crippen molar-refractivity contribution in [2.75, 3.05) is 11.9 Å². The Labute approximate surface area is 212 Å². The normalized spacial score (nSPS) is 17.2. The van der Waals surface area contributed by atoms with Crippen LogP contribution in [-0.2, 0) is 4.79 Å². The highest BCUT2D eigenvalue weighted by atomic mass is 32.1. The lowest BCUT2D eigenvalue weighted by Gasteiger charge is -2.29. The van der Waals surface area contributed by atoms with Crippen LogP contribution in [0.15, 0.2) is 91.3 Å². The average molecular weight is 504 g/mol. The number of para-hydroxylation sites is 2. The lowest BCUT2D eigenvalue weighted by Crippen LogP contribution is -2.33. The largest absolute Gasteiger partial charge is 0.352 e. The zero-order chi connectivity index (χ0) is 25.1. The zero-order valence-corrected chi connectivity index (χ0v) is 20.0. The summed E-state index contributed by atoms with van der Waals surface area (Å²) in [5.74, 6) is -1.19. The summed E-state index contributed by atoms with van der Waals surface area (Å²) in [7, 11) is 0. The number of nitrogens with zero attached hydrogens (tertiary/aromatic N) is 3. The van der Waals surface area contributed by atoms with Crippen LogP contribution >= 0.6 is 12.2 Å². The first-order valence-electron chi connectivity index (χ1n) is 11.5. The SMILES string of the molecule is O=C(CCN1C(=S)N[C@H](c2ccccn2)[C@@H]1c1cccn1-c1ccccc1F)Nc1ccccc1F.